The first-order chi connectivity index (χ1) is 11.2. The number of aryl methyl sites for hydroxylation is 1. The monoisotopic (exact) mass is 316 g/mol. The van der Waals surface area contributed by atoms with Crippen LogP contribution in [0.1, 0.15) is 67.5 Å². The van der Waals surface area contributed by atoms with E-state index in [9.17, 15) is 4.79 Å². The molecule has 0 bridgehead atoms. The summed E-state index contributed by atoms with van der Waals surface area (Å²) in [6.45, 7) is 5.69. The number of nitrogens with zero attached hydrogens (tertiary/aromatic N) is 4. The van der Waals surface area contributed by atoms with Crippen LogP contribution in [0, 0.1) is 6.92 Å². The number of hydrogen-bond donors (Lipinski definition) is 0. The number of amides is 1. The van der Waals surface area contributed by atoms with Gasteiger partial charge in [0.15, 0.2) is 0 Å². The maximum atomic E-state index is 12.8. The normalized spacial score (nSPS) is 20.0. The van der Waals surface area contributed by atoms with Crippen LogP contribution in [0.2, 0.25) is 0 Å². The number of carbonyl (C=O) groups excluding carboxylic acids is 1. The van der Waals surface area contributed by atoms with Gasteiger partial charge in [0.05, 0.1) is 0 Å². The van der Waals surface area contributed by atoms with Gasteiger partial charge in [-0.3, -0.25) is 4.79 Å². The Kier molecular flexibility index (Phi) is 5.47. The van der Waals surface area contributed by atoms with E-state index in [1.807, 2.05) is 17.9 Å². The molecule has 0 radical (unpaired) electrons. The summed E-state index contributed by atoms with van der Waals surface area (Å²) in [6.07, 6.45) is 9.60. The van der Waals surface area contributed by atoms with Crippen molar-refractivity contribution in [3.05, 3.63) is 17.5 Å². The molecule has 0 aromatic carbocycles. The summed E-state index contributed by atoms with van der Waals surface area (Å²) >= 11 is 0. The molecule has 0 aliphatic carbocycles. The molecule has 1 amide bonds. The quantitative estimate of drug-likeness (QED) is 0.841. The average Bonchev–Trinajstić information content (AvgIpc) is 2.98. The predicted molar refractivity (Wildman–Crippen MR) is 91.8 cm³/mol. The molecule has 0 atom stereocenters. The minimum absolute atomic E-state index is 0.0773. The molecule has 0 spiro atoms. The van der Waals surface area contributed by atoms with Gasteiger partial charge in [-0.15, -0.1) is 0 Å². The van der Waals surface area contributed by atoms with Crippen molar-refractivity contribution >= 4 is 11.9 Å². The Hall–Kier alpha value is -1.65. The molecule has 2 aliphatic rings. The second kappa shape index (κ2) is 7.75. The molecule has 0 saturated carbocycles. The van der Waals surface area contributed by atoms with Crippen LogP contribution in [0.25, 0.3) is 0 Å². The molecule has 1 aromatic heterocycles. The third-order valence-electron chi connectivity index (χ3n) is 4.84. The average molecular weight is 316 g/mol. The van der Waals surface area contributed by atoms with Crippen molar-refractivity contribution in [2.45, 2.75) is 58.3 Å². The van der Waals surface area contributed by atoms with Gasteiger partial charge in [0.1, 0.15) is 5.69 Å². The van der Waals surface area contributed by atoms with Gasteiger partial charge in [-0.25, -0.2) is 9.97 Å². The van der Waals surface area contributed by atoms with Crippen LogP contribution >= 0.6 is 0 Å². The van der Waals surface area contributed by atoms with Gasteiger partial charge in [-0.2, -0.15) is 0 Å². The summed E-state index contributed by atoms with van der Waals surface area (Å²) in [4.78, 5) is 26.3. The fourth-order valence-corrected chi connectivity index (χ4v) is 3.51. The third-order valence-corrected chi connectivity index (χ3v) is 4.84. The zero-order chi connectivity index (χ0) is 16.1. The number of rotatable bonds is 2. The Balaban J connectivity index is 1.79. The van der Waals surface area contributed by atoms with Gasteiger partial charge >= 0.3 is 0 Å². The van der Waals surface area contributed by atoms with E-state index in [1.165, 1.54) is 38.5 Å². The molecule has 3 rings (SSSR count). The van der Waals surface area contributed by atoms with Crippen LogP contribution < -0.4 is 4.90 Å². The van der Waals surface area contributed by atoms with Crippen molar-refractivity contribution in [3.8, 4) is 0 Å². The molecule has 5 nitrogen and oxygen atoms in total. The lowest BCUT2D eigenvalue weighted by molar-refractivity contribution is 0.0755. The summed E-state index contributed by atoms with van der Waals surface area (Å²) in [5.41, 5.74) is 1.45. The standard InChI is InChI=1S/C18H28N4O/c1-15-14-16(17(23)21-10-6-2-3-7-11-21)20-18(19-15)22-12-8-4-5-9-13-22/h14H,2-13H2,1H3. The van der Waals surface area contributed by atoms with Crippen LogP contribution in [0.3, 0.4) is 0 Å². The molecule has 2 saturated heterocycles. The SMILES string of the molecule is Cc1cc(C(=O)N2CCCCCC2)nc(N2CCCCCC2)n1. The molecule has 3 heterocycles. The molecule has 126 valence electrons. The smallest absolute Gasteiger partial charge is 0.272 e. The Labute approximate surface area is 139 Å². The molecule has 2 aliphatic heterocycles. The fourth-order valence-electron chi connectivity index (χ4n) is 3.51. The van der Waals surface area contributed by atoms with Crippen molar-refractivity contribution in [1.82, 2.24) is 14.9 Å². The van der Waals surface area contributed by atoms with Crippen molar-refractivity contribution < 1.29 is 4.79 Å². The number of hydrogen-bond acceptors (Lipinski definition) is 4. The molecular weight excluding hydrogens is 288 g/mol. The number of anilines is 1. The number of aromatic nitrogens is 2. The van der Waals surface area contributed by atoms with E-state index >= 15 is 0 Å². The van der Waals surface area contributed by atoms with Crippen LogP contribution in [0.15, 0.2) is 6.07 Å². The summed E-state index contributed by atoms with van der Waals surface area (Å²) in [5.74, 6) is 0.818. The summed E-state index contributed by atoms with van der Waals surface area (Å²) in [7, 11) is 0. The second-order valence-corrected chi connectivity index (χ2v) is 6.80. The Bertz CT molecular complexity index is 530. The first-order valence-corrected chi connectivity index (χ1v) is 9.14. The lowest BCUT2D eigenvalue weighted by Crippen LogP contribution is -2.33. The zero-order valence-electron chi connectivity index (χ0n) is 14.3. The molecule has 5 heteroatoms. The highest BCUT2D eigenvalue weighted by Crippen LogP contribution is 2.18. The molecule has 1 aromatic rings. The highest BCUT2D eigenvalue weighted by molar-refractivity contribution is 5.92. The second-order valence-electron chi connectivity index (χ2n) is 6.80. The van der Waals surface area contributed by atoms with Gasteiger partial charge in [0.25, 0.3) is 5.91 Å². The maximum absolute atomic E-state index is 12.8. The van der Waals surface area contributed by atoms with Gasteiger partial charge < -0.3 is 9.80 Å². The van der Waals surface area contributed by atoms with E-state index in [0.29, 0.717) is 5.69 Å². The zero-order valence-corrected chi connectivity index (χ0v) is 14.3. The predicted octanol–water partition coefficient (Wildman–Crippen LogP) is 3.18. The topological polar surface area (TPSA) is 49.3 Å². The largest absolute Gasteiger partial charge is 0.341 e. The van der Waals surface area contributed by atoms with Gasteiger partial charge in [-0.1, -0.05) is 25.7 Å². The molecule has 0 N–H and O–H groups in total. The van der Waals surface area contributed by atoms with E-state index in [1.54, 1.807) is 0 Å². The van der Waals surface area contributed by atoms with E-state index in [0.717, 1.165) is 50.7 Å². The van der Waals surface area contributed by atoms with Gasteiger partial charge in [0, 0.05) is 31.9 Å². The van der Waals surface area contributed by atoms with E-state index in [2.05, 4.69) is 14.9 Å². The van der Waals surface area contributed by atoms with Crippen LogP contribution in [-0.4, -0.2) is 47.0 Å². The third kappa shape index (κ3) is 4.21. The van der Waals surface area contributed by atoms with E-state index in [4.69, 9.17) is 0 Å². The number of likely N-dealkylation sites (tertiary alicyclic amines) is 1. The summed E-state index contributed by atoms with van der Waals surface area (Å²) in [6, 6.07) is 1.84. The van der Waals surface area contributed by atoms with E-state index < -0.39 is 0 Å². The van der Waals surface area contributed by atoms with Crippen molar-refractivity contribution in [2.75, 3.05) is 31.1 Å². The van der Waals surface area contributed by atoms with Gasteiger partial charge in [0.2, 0.25) is 5.95 Å². The molecule has 23 heavy (non-hydrogen) atoms. The Morgan fingerprint density at radius 1 is 0.870 bits per heavy atom. The van der Waals surface area contributed by atoms with Gasteiger partial charge in [-0.05, 0) is 38.7 Å². The first kappa shape index (κ1) is 16.2. The summed E-state index contributed by atoms with van der Waals surface area (Å²) < 4.78 is 0. The van der Waals surface area contributed by atoms with E-state index in [-0.39, 0.29) is 5.91 Å². The first-order valence-electron chi connectivity index (χ1n) is 9.14. The van der Waals surface area contributed by atoms with Crippen LogP contribution in [-0.2, 0) is 0 Å². The highest BCUT2D eigenvalue weighted by Gasteiger charge is 2.21. The van der Waals surface area contributed by atoms with Crippen molar-refractivity contribution in [2.24, 2.45) is 0 Å². The molecular formula is C18H28N4O. The van der Waals surface area contributed by atoms with Crippen molar-refractivity contribution in [1.29, 1.82) is 0 Å². The summed E-state index contributed by atoms with van der Waals surface area (Å²) in [5, 5.41) is 0. The Morgan fingerprint density at radius 2 is 1.43 bits per heavy atom. The fraction of sp³-hybridized carbons (Fsp3) is 0.722. The molecule has 2 fully saturated rings. The number of carbonyl (C=O) groups is 1. The minimum atomic E-state index is 0.0773. The van der Waals surface area contributed by atoms with Crippen LogP contribution in [0.4, 0.5) is 5.95 Å². The molecule has 0 unspecified atom stereocenters. The lowest BCUT2D eigenvalue weighted by atomic mass is 10.2. The van der Waals surface area contributed by atoms with Crippen LogP contribution in [0.5, 0.6) is 0 Å². The van der Waals surface area contributed by atoms with Crippen molar-refractivity contribution in [3.63, 3.8) is 0 Å². The minimum Gasteiger partial charge on any atom is -0.341 e. The Morgan fingerprint density at radius 3 is 2.04 bits per heavy atom. The maximum Gasteiger partial charge on any atom is 0.272 e. The lowest BCUT2D eigenvalue weighted by Gasteiger charge is -2.23. The highest BCUT2D eigenvalue weighted by atomic mass is 16.2.